The van der Waals surface area contributed by atoms with Crippen LogP contribution >= 0.6 is 0 Å². The van der Waals surface area contributed by atoms with E-state index >= 15 is 0 Å². The molecule has 0 radical (unpaired) electrons. The van der Waals surface area contributed by atoms with Crippen molar-refractivity contribution in [3.8, 4) is 0 Å². The fraction of sp³-hybridized carbons (Fsp3) is 0.471. The third-order valence-electron chi connectivity index (χ3n) is 3.70. The molecule has 2 nitrogen and oxygen atoms in total. The lowest BCUT2D eigenvalue weighted by atomic mass is 10.0. The lowest BCUT2D eigenvalue weighted by Crippen LogP contribution is -2.10. The Balaban J connectivity index is 0.000000225. The monoisotopic (exact) mass is 292 g/mol. The quantitative estimate of drug-likeness (QED) is 0.777. The van der Waals surface area contributed by atoms with Gasteiger partial charge in [-0.2, -0.15) is 8.78 Å². The number of hydrogen-bond donors (Lipinski definition) is 1. The number of halogens is 2. The minimum atomic E-state index is -2.96. The van der Waals surface area contributed by atoms with Gasteiger partial charge in [0.05, 0.1) is 5.52 Å². The van der Waals surface area contributed by atoms with Gasteiger partial charge in [-0.1, -0.05) is 56.7 Å². The van der Waals surface area contributed by atoms with Gasteiger partial charge in [0.2, 0.25) is 0 Å². The van der Waals surface area contributed by atoms with E-state index in [1.807, 2.05) is 0 Å². The molecule has 0 bridgehead atoms. The first-order chi connectivity index (χ1) is 9.98. The smallest absolute Gasteiger partial charge is 0.287 e. The molecule has 0 aliphatic heterocycles. The van der Waals surface area contributed by atoms with Crippen LogP contribution in [0.15, 0.2) is 30.3 Å². The van der Waals surface area contributed by atoms with Gasteiger partial charge in [-0.25, -0.2) is 4.98 Å². The van der Waals surface area contributed by atoms with Crippen molar-refractivity contribution in [2.75, 3.05) is 5.73 Å². The first kappa shape index (κ1) is 15.7. The van der Waals surface area contributed by atoms with Gasteiger partial charge >= 0.3 is 0 Å². The first-order valence-electron chi connectivity index (χ1n) is 7.52. The summed E-state index contributed by atoms with van der Waals surface area (Å²) in [6, 6.07) is 8.19. The van der Waals surface area contributed by atoms with Gasteiger partial charge in [-0.15, -0.1) is 0 Å². The Bertz CT molecular complexity index is 575. The van der Waals surface area contributed by atoms with Gasteiger partial charge in [0.25, 0.3) is 5.92 Å². The van der Waals surface area contributed by atoms with Crippen LogP contribution in [-0.4, -0.2) is 4.98 Å². The van der Waals surface area contributed by atoms with Crippen LogP contribution in [0.3, 0.4) is 0 Å². The maximum atomic E-state index is 13.0. The first-order valence-corrected chi connectivity index (χ1v) is 7.52. The highest BCUT2D eigenvalue weighted by Gasteiger charge is 2.26. The van der Waals surface area contributed by atoms with Crippen LogP contribution in [0.1, 0.15) is 51.1 Å². The Labute approximate surface area is 124 Å². The Kier molecular flexibility index (Phi) is 5.10. The number of alkyl halides is 2. The zero-order valence-corrected chi connectivity index (χ0v) is 12.4. The molecule has 114 valence electrons. The summed E-state index contributed by atoms with van der Waals surface area (Å²) in [6.45, 7) is 0.809. The number of benzene rings is 1. The van der Waals surface area contributed by atoms with Crippen molar-refractivity contribution in [3.05, 3.63) is 36.0 Å². The molecule has 1 aliphatic rings. The summed E-state index contributed by atoms with van der Waals surface area (Å²) < 4.78 is 26.1. The van der Waals surface area contributed by atoms with Crippen molar-refractivity contribution in [3.63, 3.8) is 0 Å². The molecule has 1 heterocycles. The second kappa shape index (κ2) is 6.83. The van der Waals surface area contributed by atoms with Crippen LogP contribution in [-0.2, 0) is 5.92 Å². The number of nitrogens with zero attached hydrogens (tertiary/aromatic N) is 1. The highest BCUT2D eigenvalue weighted by atomic mass is 19.3. The van der Waals surface area contributed by atoms with Crippen molar-refractivity contribution < 1.29 is 8.78 Å². The summed E-state index contributed by atoms with van der Waals surface area (Å²) in [4.78, 5) is 3.88. The molecule has 1 aromatic heterocycles. The molecular weight excluding hydrogens is 270 g/mol. The summed E-state index contributed by atoms with van der Waals surface area (Å²) in [7, 11) is 0. The average Bonchev–Trinajstić information content (AvgIpc) is 2.49. The van der Waals surface area contributed by atoms with E-state index in [2.05, 4.69) is 4.98 Å². The van der Waals surface area contributed by atoms with E-state index in [1.165, 1.54) is 44.6 Å². The number of anilines is 1. The number of pyridine rings is 1. The minimum Gasteiger partial charge on any atom is -0.398 e. The van der Waals surface area contributed by atoms with Gasteiger partial charge in [-0.3, -0.25) is 0 Å². The lowest BCUT2D eigenvalue weighted by molar-refractivity contribution is 0.0131. The summed E-state index contributed by atoms with van der Waals surface area (Å²) in [5.41, 5.74) is 6.21. The molecule has 0 amide bonds. The van der Waals surface area contributed by atoms with Crippen LogP contribution < -0.4 is 5.73 Å². The summed E-state index contributed by atoms with van der Waals surface area (Å²) in [5.74, 6) is -2.96. The molecule has 0 atom stereocenters. The van der Waals surface area contributed by atoms with Crippen LogP contribution in [0.2, 0.25) is 0 Å². The highest BCUT2D eigenvalue weighted by Crippen LogP contribution is 2.29. The van der Waals surface area contributed by atoms with E-state index in [-0.39, 0.29) is 5.69 Å². The Morgan fingerprint density at radius 3 is 2.05 bits per heavy atom. The molecular formula is C17H22F2N2. The molecule has 2 aromatic rings. The molecule has 0 unspecified atom stereocenters. The van der Waals surface area contributed by atoms with E-state index in [4.69, 9.17) is 5.73 Å². The van der Waals surface area contributed by atoms with Gasteiger partial charge in [0.1, 0.15) is 5.69 Å². The predicted octanol–water partition coefficient (Wildman–Crippen LogP) is 5.27. The summed E-state index contributed by atoms with van der Waals surface area (Å²) in [6.07, 6.45) is 9.00. The van der Waals surface area contributed by atoms with Crippen molar-refractivity contribution in [1.29, 1.82) is 0 Å². The van der Waals surface area contributed by atoms with Crippen molar-refractivity contribution in [2.45, 2.75) is 51.4 Å². The Hall–Kier alpha value is -1.71. The second-order valence-electron chi connectivity index (χ2n) is 5.62. The zero-order chi connectivity index (χ0) is 15.3. The van der Waals surface area contributed by atoms with Crippen molar-refractivity contribution >= 4 is 16.6 Å². The molecule has 1 fully saturated rings. The molecule has 1 aliphatic carbocycles. The molecule has 4 heteroatoms. The molecule has 0 spiro atoms. The zero-order valence-electron chi connectivity index (χ0n) is 12.4. The van der Waals surface area contributed by atoms with E-state index in [0.717, 1.165) is 6.92 Å². The Morgan fingerprint density at radius 1 is 1.00 bits per heavy atom. The Morgan fingerprint density at radius 2 is 1.52 bits per heavy atom. The number of para-hydroxylation sites is 1. The van der Waals surface area contributed by atoms with Gasteiger partial charge in [0.15, 0.2) is 0 Å². The van der Waals surface area contributed by atoms with Crippen LogP contribution in [0.25, 0.3) is 10.9 Å². The predicted molar refractivity (Wildman–Crippen MR) is 83.4 cm³/mol. The number of nitrogens with two attached hydrogens (primary N) is 1. The standard InChI is InChI=1S/C11H10F2N2.C6H12/c1-11(12,13)10-6-8(14)7-4-2-3-5-9(7)15-10;1-2-4-6-5-3-1/h2-6H,1H3,(H2,14,15);1-6H2. The molecule has 21 heavy (non-hydrogen) atoms. The number of nitrogen functional groups attached to an aromatic ring is 1. The van der Waals surface area contributed by atoms with Gasteiger partial charge < -0.3 is 5.73 Å². The fourth-order valence-electron chi connectivity index (χ4n) is 2.49. The molecule has 1 saturated carbocycles. The van der Waals surface area contributed by atoms with Gasteiger partial charge in [-0.05, 0) is 12.1 Å². The largest absolute Gasteiger partial charge is 0.398 e. The van der Waals surface area contributed by atoms with Crippen molar-refractivity contribution in [2.24, 2.45) is 0 Å². The van der Waals surface area contributed by atoms with E-state index in [9.17, 15) is 8.78 Å². The number of rotatable bonds is 1. The molecule has 2 N–H and O–H groups in total. The number of aromatic nitrogens is 1. The van der Waals surface area contributed by atoms with Crippen LogP contribution in [0.4, 0.5) is 14.5 Å². The second-order valence-corrected chi connectivity index (χ2v) is 5.62. The molecule has 0 saturated heterocycles. The van der Waals surface area contributed by atoms with E-state index in [1.54, 1.807) is 24.3 Å². The SMILES string of the molecule is C1CCCCC1.CC(F)(F)c1cc(N)c2ccccc2n1. The third kappa shape index (κ3) is 4.38. The normalized spacial score (nSPS) is 15.4. The highest BCUT2D eigenvalue weighted by molar-refractivity contribution is 5.90. The molecule has 1 aromatic carbocycles. The maximum absolute atomic E-state index is 13.0. The minimum absolute atomic E-state index is 0.293. The maximum Gasteiger partial charge on any atom is 0.287 e. The van der Waals surface area contributed by atoms with E-state index in [0.29, 0.717) is 16.6 Å². The summed E-state index contributed by atoms with van der Waals surface area (Å²) >= 11 is 0. The van der Waals surface area contributed by atoms with E-state index < -0.39 is 5.92 Å². The van der Waals surface area contributed by atoms with Crippen molar-refractivity contribution in [1.82, 2.24) is 4.98 Å². The molecule has 3 rings (SSSR count). The fourth-order valence-corrected chi connectivity index (χ4v) is 2.49. The lowest BCUT2D eigenvalue weighted by Gasteiger charge is -2.11. The number of hydrogen-bond acceptors (Lipinski definition) is 2. The topological polar surface area (TPSA) is 38.9 Å². The third-order valence-corrected chi connectivity index (χ3v) is 3.70. The van der Waals surface area contributed by atoms with Crippen LogP contribution in [0.5, 0.6) is 0 Å². The van der Waals surface area contributed by atoms with Gasteiger partial charge in [0, 0.05) is 18.0 Å². The van der Waals surface area contributed by atoms with Crippen LogP contribution in [0, 0.1) is 0 Å². The summed E-state index contributed by atoms with van der Waals surface area (Å²) in [5, 5.41) is 0.700. The average molecular weight is 292 g/mol. The number of fused-ring (bicyclic) bond motifs is 1.